The van der Waals surface area contributed by atoms with Gasteiger partial charge in [-0.3, -0.25) is 76.7 Å². The summed E-state index contributed by atoms with van der Waals surface area (Å²) in [6.45, 7) is 14.9. The van der Waals surface area contributed by atoms with Gasteiger partial charge in [-0.25, -0.2) is 0 Å². The predicted molar refractivity (Wildman–Crippen MR) is 484 cm³/mol. The Morgan fingerprint density at radius 1 is 0.208 bits per heavy atom. The number of hydrogen-bond donors (Lipinski definition) is 4. The Morgan fingerprint density at radius 2 is 0.382 bits per heavy atom. The molecule has 4 saturated heterocycles. The van der Waals surface area contributed by atoms with E-state index in [1.807, 2.05) is 0 Å². The molecule has 0 spiro atoms. The fourth-order valence-corrected chi connectivity index (χ4v) is 17.1. The first-order valence-electron chi connectivity index (χ1n) is 45.1. The van der Waals surface area contributed by atoms with Crippen LogP contribution in [0.4, 0.5) is 0 Å². The van der Waals surface area contributed by atoms with Crippen LogP contribution in [0.5, 0.6) is 23.0 Å². The van der Waals surface area contributed by atoms with Gasteiger partial charge in [0.05, 0.1) is 0 Å². The highest BCUT2D eigenvalue weighted by Gasteiger charge is 2.58. The van der Waals surface area contributed by atoms with Crippen LogP contribution in [-0.4, -0.2) is 265 Å². The number of benzene rings is 4. The number of carbonyl (C=O) groups excluding carboxylic acids is 16. The normalized spacial score (nSPS) is 24.2. The first-order chi connectivity index (χ1) is 68.5. The topological polar surface area (TPSA) is 558 Å². The zero-order valence-corrected chi connectivity index (χ0v) is 80.6. The molecule has 0 aliphatic carbocycles. The van der Waals surface area contributed by atoms with Gasteiger partial charge >= 0.3 is 95.5 Å². The Kier molecular flexibility index (Phi) is 34.1. The Labute approximate surface area is 819 Å². The minimum atomic E-state index is -1.74. The molecule has 9 heterocycles. The second-order valence-electron chi connectivity index (χ2n) is 33.5. The number of fused-ring (bicyclic) bond motifs is 8. The van der Waals surface area contributed by atoms with Crippen LogP contribution >= 0.6 is 0 Å². The Balaban J connectivity index is 1.06. The van der Waals surface area contributed by atoms with E-state index >= 15 is 0 Å². The number of ether oxygens (including phenoxy) is 24. The predicted octanol–water partition coefficient (Wildman–Crippen LogP) is 4.15. The van der Waals surface area contributed by atoms with Gasteiger partial charge in [0.25, 0.3) is 0 Å². The molecule has 4 N–H and O–H groups in total. The Morgan fingerprint density at radius 3 is 0.556 bits per heavy atom. The molecule has 4 aromatic carbocycles. The molecule has 44 heteroatoms. The van der Waals surface area contributed by atoms with Crippen LogP contribution in [0.3, 0.4) is 0 Å². The molecular formula is C100H104N4O40. The summed E-state index contributed by atoms with van der Waals surface area (Å²) in [6.07, 6.45) is -32.3. The number of H-pyrrole nitrogens is 4. The van der Waals surface area contributed by atoms with Gasteiger partial charge in [0.1, 0.15) is 73.8 Å². The Hall–Kier alpha value is -16.0. The van der Waals surface area contributed by atoms with Crippen LogP contribution in [-0.2, 0) is 171 Å². The minimum absolute atomic E-state index is 0.00395. The van der Waals surface area contributed by atoms with Crippen molar-refractivity contribution in [2.75, 3.05) is 26.4 Å². The van der Waals surface area contributed by atoms with Crippen LogP contribution < -0.4 is 40.3 Å². The fraction of sp³-hybridized carbons (Fsp3) is 0.400. The van der Waals surface area contributed by atoms with E-state index in [4.69, 9.17) is 114 Å². The van der Waals surface area contributed by atoms with Gasteiger partial charge in [-0.1, -0.05) is 48.5 Å². The highest BCUT2D eigenvalue weighted by molar-refractivity contribution is 5.86. The standard InChI is InChI=1S/C100H104N4O40/c1-45(105)121-41-77-85(125-49(5)109)89(129-53(9)113)93(133-57(13)117)97(141-77)137-65-25-17-21-61(37-65)81-69-29-31-71(101-69)82(62-22-18-26-66(38-62)138-98-94(134-58(14)118)90(130-54(10)114)86(126-50(6)110)78(142-98)42-122-46(2)106)73-33-35-75(103-73)84(64-24-20-28-68(40-64)140-100-96(136-60(16)120)92(132-56(12)116)88(128-52(8)112)80(144-100)44-124-48(4)108)76-36-34-74(104-76)83(72-32-30-70(81)102-72)63-23-19-27-67(39-63)139-99-95(135-59(15)119)91(131-55(11)115)87(127-51(7)111)79(143-99)43-123-47(3)107/h17-40,77-80,85-104H,41-44H2,1-16H3/t77-,78-,79-,80-,85+,86+,87+,88+,89+,90+,91+,92+,93-,94-,95-,96-,97-,98-,99-,100-/m1/s1. The van der Waals surface area contributed by atoms with Crippen molar-refractivity contribution in [2.24, 2.45) is 0 Å². The molecule has 8 bridgehead atoms. The zero-order chi connectivity index (χ0) is 104. The van der Waals surface area contributed by atoms with Crippen molar-refractivity contribution in [1.82, 2.24) is 19.9 Å². The third-order valence-corrected chi connectivity index (χ3v) is 22.2. The highest BCUT2D eigenvalue weighted by Crippen LogP contribution is 2.40. The van der Waals surface area contributed by atoms with Gasteiger partial charge in [-0.05, 0) is 119 Å². The maximum Gasteiger partial charge on any atom is 0.303 e. The zero-order valence-electron chi connectivity index (χ0n) is 80.6. The van der Waals surface area contributed by atoms with Crippen molar-refractivity contribution in [1.29, 1.82) is 0 Å². The molecule has 4 fully saturated rings. The third-order valence-electron chi connectivity index (χ3n) is 22.2. The largest absolute Gasteiger partial charge is 0.463 e. The molecule has 4 aromatic heterocycles. The van der Waals surface area contributed by atoms with E-state index in [-0.39, 0.29) is 23.0 Å². The van der Waals surface area contributed by atoms with Crippen molar-refractivity contribution >= 4 is 118 Å². The minimum Gasteiger partial charge on any atom is -0.463 e. The summed E-state index contributed by atoms with van der Waals surface area (Å²) in [5.41, 5.74) is 4.26. The summed E-state index contributed by atoms with van der Waals surface area (Å²) < 4.78 is 143. The van der Waals surface area contributed by atoms with Crippen molar-refractivity contribution in [3.8, 4) is 23.0 Å². The molecule has 144 heavy (non-hydrogen) atoms. The number of esters is 16. The number of aromatic nitrogens is 4. The first-order valence-corrected chi connectivity index (χ1v) is 45.1. The van der Waals surface area contributed by atoms with Gasteiger partial charge < -0.3 is 134 Å². The summed E-state index contributed by atoms with van der Waals surface area (Å²) in [4.78, 5) is 221. The van der Waals surface area contributed by atoms with Gasteiger partial charge in [0, 0.05) is 177 Å². The molecule has 0 saturated carbocycles. The SMILES string of the molecule is CC(=O)OC[C@H]1O[C@@H](Oc2cccc(C3=c4ccc([nH]4)=C(c4cccc(O[C@@H]5O[C@H](COC(C)=O)[C@H](OC(C)=O)[C@H](OC(C)=O)[C@H]5OC(C)=O)c4)c4ccc([nH]4)C(c4cccc(O[C@@H]5O[C@H](COC(C)=O)[C@H](OC(C)=O)[C@H](OC(C)=O)[C@H]5OC(C)=O)c4)=c4ccc([nH]4)=C(c4cccc(O[C@@H]5O[C@H](COC(C)=O)[C@H](OC(C)=O)[C@H](OC(C)=O)[C@H]5OC(C)=O)c4)c4ccc3[nH]4)c2)[C@H](OC(C)=O)[C@@H](OC(C)=O)[C@H]1OC(C)=O. The van der Waals surface area contributed by atoms with Gasteiger partial charge in [-0.2, -0.15) is 0 Å². The van der Waals surface area contributed by atoms with Crippen molar-refractivity contribution < 1.29 is 190 Å². The summed E-state index contributed by atoms with van der Waals surface area (Å²) in [5, 5.41) is 1.37. The van der Waals surface area contributed by atoms with Gasteiger partial charge in [0.15, 0.2) is 48.8 Å². The summed E-state index contributed by atoms with van der Waals surface area (Å²) in [6, 6.07) is 39.9. The van der Waals surface area contributed by atoms with Crippen LogP contribution in [0.2, 0.25) is 0 Å². The smallest absolute Gasteiger partial charge is 0.303 e. The molecule has 13 rings (SSSR count). The number of hydrogen-bond acceptors (Lipinski definition) is 40. The van der Waals surface area contributed by atoms with Crippen molar-refractivity contribution in [3.63, 3.8) is 0 Å². The molecule has 20 atom stereocenters. The van der Waals surface area contributed by atoms with E-state index in [2.05, 4.69) is 19.9 Å². The van der Waals surface area contributed by atoms with E-state index in [0.29, 0.717) is 88.7 Å². The van der Waals surface area contributed by atoms with E-state index in [0.717, 1.165) is 111 Å². The number of aromatic amines is 4. The molecule has 0 radical (unpaired) electrons. The third kappa shape index (κ3) is 26.6. The lowest BCUT2D eigenvalue weighted by molar-refractivity contribution is -0.288. The fourth-order valence-electron chi connectivity index (χ4n) is 17.1. The second kappa shape index (κ2) is 46.6. The maximum absolute atomic E-state index is 13.2. The van der Waals surface area contributed by atoms with Crippen LogP contribution in [0.1, 0.15) is 156 Å². The molecule has 764 valence electrons. The quantitative estimate of drug-likeness (QED) is 0.0340. The second-order valence-corrected chi connectivity index (χ2v) is 33.5. The lowest BCUT2D eigenvalue weighted by atomic mass is 9.98. The maximum atomic E-state index is 13.2. The van der Waals surface area contributed by atoms with E-state index in [9.17, 15) is 76.7 Å². The average Bonchev–Trinajstić information content (AvgIpc) is 1.62. The molecule has 5 aliphatic rings. The van der Waals surface area contributed by atoms with E-state index in [1.165, 1.54) is 24.3 Å². The Bertz CT molecular complexity index is 5740. The van der Waals surface area contributed by atoms with E-state index in [1.54, 1.807) is 121 Å². The lowest BCUT2D eigenvalue weighted by Crippen LogP contribution is -2.63. The molecular weight excluding hydrogens is 1900 g/mol. The molecule has 44 nitrogen and oxygen atoms in total. The number of carbonyl (C=O) groups is 16. The molecule has 0 amide bonds. The first kappa shape index (κ1) is 105. The average molecular weight is 2000 g/mol. The molecule has 8 aromatic rings. The van der Waals surface area contributed by atoms with Crippen LogP contribution in [0, 0.1) is 0 Å². The summed E-state index contributed by atoms with van der Waals surface area (Å²) >= 11 is 0. The highest BCUT2D eigenvalue weighted by atomic mass is 16.8. The van der Waals surface area contributed by atoms with Crippen LogP contribution in [0.15, 0.2) is 146 Å². The summed E-state index contributed by atoms with van der Waals surface area (Å²) in [7, 11) is 0. The van der Waals surface area contributed by atoms with Gasteiger partial charge in [-0.15, -0.1) is 0 Å². The monoisotopic (exact) mass is 2000 g/mol. The van der Waals surface area contributed by atoms with Crippen LogP contribution in [0.25, 0.3) is 22.3 Å². The van der Waals surface area contributed by atoms with E-state index < -0.39 is 245 Å². The number of nitrogens with one attached hydrogen (secondary N) is 4. The number of rotatable bonds is 32. The van der Waals surface area contributed by atoms with Crippen molar-refractivity contribution in [2.45, 2.75) is 234 Å². The van der Waals surface area contributed by atoms with Crippen molar-refractivity contribution in [3.05, 3.63) is 212 Å². The molecule has 0 unspecified atom stereocenters. The summed E-state index contributed by atoms with van der Waals surface area (Å²) in [5.74, 6) is -13.9. The lowest BCUT2D eigenvalue weighted by Gasteiger charge is -2.43. The van der Waals surface area contributed by atoms with Gasteiger partial charge in [0.2, 0.25) is 49.6 Å². The molecule has 5 aliphatic heterocycles.